The molecule has 1 aliphatic rings. The smallest absolute Gasteiger partial charge is 0.144 e. The van der Waals surface area contributed by atoms with Crippen molar-refractivity contribution in [2.24, 2.45) is 0 Å². The van der Waals surface area contributed by atoms with Crippen LogP contribution >= 0.6 is 11.3 Å². The van der Waals surface area contributed by atoms with Crippen molar-refractivity contribution in [1.29, 1.82) is 0 Å². The summed E-state index contributed by atoms with van der Waals surface area (Å²) in [6, 6.07) is 12.4. The van der Waals surface area contributed by atoms with Gasteiger partial charge in [0.1, 0.15) is 17.9 Å². The third-order valence-corrected chi connectivity index (χ3v) is 7.82. The Bertz CT molecular complexity index is 1400. The Morgan fingerprint density at radius 3 is 2.58 bits per heavy atom. The molecule has 4 aromatic rings. The predicted molar refractivity (Wildman–Crippen MR) is 158 cm³/mol. The Hall–Kier alpha value is -3.47. The highest BCUT2D eigenvalue weighted by Gasteiger charge is 2.21. The number of methoxy groups -OCH3 is 1. The van der Waals surface area contributed by atoms with Gasteiger partial charge in [-0.15, -0.1) is 11.3 Å². The number of benzene rings is 2. The largest absolute Gasteiger partial charge is 0.494 e. The zero-order chi connectivity index (χ0) is 26.6. The van der Waals surface area contributed by atoms with E-state index in [9.17, 15) is 0 Å². The first-order chi connectivity index (χ1) is 18.4. The first-order valence-corrected chi connectivity index (χ1v) is 13.7. The highest BCUT2D eigenvalue weighted by atomic mass is 32.1. The number of fused-ring (bicyclic) bond motifs is 1. The maximum absolute atomic E-state index is 5.82. The number of hydrogen-bond donors (Lipinski definition) is 2. The summed E-state index contributed by atoms with van der Waals surface area (Å²) in [4.78, 5) is 20.8. The predicted octanol–water partition coefficient (Wildman–Crippen LogP) is 4.54. The molecule has 0 unspecified atom stereocenters. The minimum atomic E-state index is 0.707. The number of thiazole rings is 1. The van der Waals surface area contributed by atoms with Gasteiger partial charge in [0, 0.05) is 64.0 Å². The number of hydrogen-bond acceptors (Lipinski definition) is 10. The number of nitrogens with zero attached hydrogens (tertiary/aromatic N) is 6. The molecule has 2 aromatic heterocycles. The van der Waals surface area contributed by atoms with Crippen molar-refractivity contribution in [1.82, 2.24) is 24.8 Å². The average Bonchev–Trinajstić information content (AvgIpc) is 3.31. The molecule has 3 heterocycles. The van der Waals surface area contributed by atoms with E-state index in [0.717, 1.165) is 88.6 Å². The van der Waals surface area contributed by atoms with E-state index in [0.29, 0.717) is 5.82 Å². The summed E-state index contributed by atoms with van der Waals surface area (Å²) in [6.07, 6.45) is 1.59. The van der Waals surface area contributed by atoms with Gasteiger partial charge >= 0.3 is 0 Å². The molecule has 5 rings (SSSR count). The number of ether oxygens (including phenoxy) is 1. The number of rotatable bonds is 9. The van der Waals surface area contributed by atoms with Crippen LogP contribution in [-0.4, -0.2) is 92.3 Å². The van der Waals surface area contributed by atoms with E-state index < -0.39 is 0 Å². The molecule has 0 aliphatic carbocycles. The molecule has 2 aromatic carbocycles. The fourth-order valence-corrected chi connectivity index (χ4v) is 5.64. The van der Waals surface area contributed by atoms with Crippen LogP contribution in [0.2, 0.25) is 0 Å². The highest BCUT2D eigenvalue weighted by Crippen LogP contribution is 2.39. The maximum atomic E-state index is 5.82. The lowest BCUT2D eigenvalue weighted by Crippen LogP contribution is -2.48. The number of aromatic nitrogens is 3. The van der Waals surface area contributed by atoms with Crippen LogP contribution in [0.5, 0.6) is 5.75 Å². The van der Waals surface area contributed by atoms with Crippen molar-refractivity contribution < 1.29 is 4.74 Å². The van der Waals surface area contributed by atoms with Crippen LogP contribution in [0.25, 0.3) is 21.5 Å². The Morgan fingerprint density at radius 1 is 1.03 bits per heavy atom. The number of piperazine rings is 1. The number of anilines is 4. The Kier molecular flexibility index (Phi) is 7.92. The SMILES string of the molecule is CNc1cc(Nc2cc(-c3ccc4nc(C)sc4c3)ncn2)c(OC)cc1N1CCN(CCN(C)C)CC1. The maximum Gasteiger partial charge on any atom is 0.144 e. The Balaban J connectivity index is 1.35. The van der Waals surface area contributed by atoms with Crippen LogP contribution in [-0.2, 0) is 0 Å². The van der Waals surface area contributed by atoms with Gasteiger partial charge in [0.15, 0.2) is 0 Å². The summed E-state index contributed by atoms with van der Waals surface area (Å²) in [5.41, 5.74) is 5.96. The summed E-state index contributed by atoms with van der Waals surface area (Å²) in [5, 5.41) is 7.90. The summed E-state index contributed by atoms with van der Waals surface area (Å²) >= 11 is 1.69. The monoisotopic (exact) mass is 532 g/mol. The molecule has 1 aliphatic heterocycles. The summed E-state index contributed by atoms with van der Waals surface area (Å²) in [5.74, 6) is 1.48. The lowest BCUT2D eigenvalue weighted by atomic mass is 10.1. The third-order valence-electron chi connectivity index (χ3n) is 6.88. The Labute approximate surface area is 228 Å². The van der Waals surface area contributed by atoms with Crippen molar-refractivity contribution >= 4 is 44.4 Å². The molecule has 0 saturated carbocycles. The first kappa shape index (κ1) is 26.1. The van der Waals surface area contributed by atoms with Gasteiger partial charge in [-0.25, -0.2) is 15.0 Å². The molecule has 0 bridgehead atoms. The van der Waals surface area contributed by atoms with Gasteiger partial charge in [0.25, 0.3) is 0 Å². The molecular formula is C28H36N8OS. The first-order valence-electron chi connectivity index (χ1n) is 12.9. The van der Waals surface area contributed by atoms with Gasteiger partial charge in [-0.05, 0) is 39.2 Å². The number of nitrogens with one attached hydrogen (secondary N) is 2. The van der Waals surface area contributed by atoms with E-state index in [2.05, 4.69) is 78.6 Å². The highest BCUT2D eigenvalue weighted by molar-refractivity contribution is 7.18. The molecule has 1 saturated heterocycles. The molecule has 0 spiro atoms. The second-order valence-electron chi connectivity index (χ2n) is 9.78. The topological polar surface area (TPSA) is 81.7 Å². The van der Waals surface area contributed by atoms with Gasteiger partial charge in [0.05, 0.1) is 45.1 Å². The van der Waals surface area contributed by atoms with Gasteiger partial charge in [-0.1, -0.05) is 6.07 Å². The van der Waals surface area contributed by atoms with E-state index >= 15 is 0 Å². The number of likely N-dealkylation sites (N-methyl/N-ethyl adjacent to an activating group) is 1. The van der Waals surface area contributed by atoms with Crippen LogP contribution in [0.4, 0.5) is 22.9 Å². The van der Waals surface area contributed by atoms with Gasteiger partial charge in [0.2, 0.25) is 0 Å². The normalized spacial score (nSPS) is 14.3. The minimum Gasteiger partial charge on any atom is -0.494 e. The van der Waals surface area contributed by atoms with E-state index in [1.54, 1.807) is 24.8 Å². The molecule has 0 atom stereocenters. The van der Waals surface area contributed by atoms with E-state index in [-0.39, 0.29) is 0 Å². The van der Waals surface area contributed by atoms with Crippen LogP contribution in [0.15, 0.2) is 42.7 Å². The molecule has 2 N–H and O–H groups in total. The lowest BCUT2D eigenvalue weighted by Gasteiger charge is -2.37. The van der Waals surface area contributed by atoms with Crippen molar-refractivity contribution in [3.63, 3.8) is 0 Å². The van der Waals surface area contributed by atoms with Crippen LogP contribution in [0.1, 0.15) is 5.01 Å². The second kappa shape index (κ2) is 11.5. The fraction of sp³-hybridized carbons (Fsp3) is 0.393. The molecule has 0 amide bonds. The molecule has 9 nitrogen and oxygen atoms in total. The van der Waals surface area contributed by atoms with Crippen LogP contribution < -0.4 is 20.3 Å². The standard InChI is InChI=1S/C28H36N8OS/c1-19-32-21-7-6-20(14-27(21)38-19)22-16-28(31-18-30-22)33-24-15-23(29-2)25(17-26(24)37-5)36-12-10-35(11-13-36)9-8-34(3)4/h6-7,14-18,29H,8-13H2,1-5H3,(H,30,31,33). The van der Waals surface area contributed by atoms with Gasteiger partial charge in [-0.3, -0.25) is 4.90 Å². The summed E-state index contributed by atoms with van der Waals surface area (Å²) in [7, 11) is 7.92. The van der Waals surface area contributed by atoms with Crippen LogP contribution in [0, 0.1) is 6.92 Å². The lowest BCUT2D eigenvalue weighted by molar-refractivity contribution is 0.229. The number of aryl methyl sites for hydroxylation is 1. The Morgan fingerprint density at radius 2 is 1.84 bits per heavy atom. The zero-order valence-corrected chi connectivity index (χ0v) is 23.6. The van der Waals surface area contributed by atoms with E-state index in [4.69, 9.17) is 4.74 Å². The molecule has 10 heteroatoms. The summed E-state index contributed by atoms with van der Waals surface area (Å²) in [6.45, 7) is 8.28. The van der Waals surface area contributed by atoms with Crippen molar-refractivity contribution in [2.45, 2.75) is 6.92 Å². The summed E-state index contributed by atoms with van der Waals surface area (Å²) < 4.78 is 6.97. The quantitative estimate of drug-likeness (QED) is 0.323. The average molecular weight is 533 g/mol. The molecule has 0 radical (unpaired) electrons. The fourth-order valence-electron chi connectivity index (χ4n) is 4.77. The molecule has 1 fully saturated rings. The second-order valence-corrected chi connectivity index (χ2v) is 11.0. The zero-order valence-electron chi connectivity index (χ0n) is 22.8. The molecular weight excluding hydrogens is 496 g/mol. The van der Waals surface area contributed by atoms with E-state index in [1.807, 2.05) is 26.1 Å². The van der Waals surface area contributed by atoms with Crippen molar-refractivity contribution in [2.75, 3.05) is 83.1 Å². The van der Waals surface area contributed by atoms with E-state index in [1.165, 1.54) is 0 Å². The molecule has 38 heavy (non-hydrogen) atoms. The van der Waals surface area contributed by atoms with Crippen LogP contribution in [0.3, 0.4) is 0 Å². The minimum absolute atomic E-state index is 0.707. The van der Waals surface area contributed by atoms with Gasteiger partial charge in [-0.2, -0.15) is 0 Å². The third kappa shape index (κ3) is 5.82. The van der Waals surface area contributed by atoms with Crippen molar-refractivity contribution in [3.05, 3.63) is 47.7 Å². The van der Waals surface area contributed by atoms with Gasteiger partial charge < -0.3 is 25.2 Å². The van der Waals surface area contributed by atoms with Crippen molar-refractivity contribution in [3.8, 4) is 17.0 Å². The molecule has 200 valence electrons.